The highest BCUT2D eigenvalue weighted by Crippen LogP contribution is 2.60. The highest BCUT2D eigenvalue weighted by Gasteiger charge is 2.66. The summed E-state index contributed by atoms with van der Waals surface area (Å²) in [5.41, 5.74) is 3.71. The first-order valence-corrected chi connectivity index (χ1v) is 22.6. The number of carbonyl (C=O) groups excluding carboxylic acids is 3. The van der Waals surface area contributed by atoms with Crippen LogP contribution in [0.25, 0.3) is 0 Å². The van der Waals surface area contributed by atoms with E-state index in [1.165, 1.54) is 0 Å². The highest BCUT2D eigenvalue weighted by atomic mass is 28.4. The fraction of sp³-hybridized carbons (Fsp3) is 0.439. The number of hydrogen-bond acceptors (Lipinski definition) is 10. The molecule has 5 atom stereocenters. The Balaban J connectivity index is 1.11. The number of nitrogens with zero attached hydrogens (tertiary/aromatic N) is 6. The molecule has 0 radical (unpaired) electrons. The molecular weight excluding hydrogens is 729 g/mol. The monoisotopic (exact) mass is 778 g/mol. The van der Waals surface area contributed by atoms with Crippen molar-refractivity contribution in [3.63, 3.8) is 0 Å². The van der Waals surface area contributed by atoms with Gasteiger partial charge in [-0.1, -0.05) is 54.6 Å². The second-order valence-corrected chi connectivity index (χ2v) is 19.9. The molecule has 8 rings (SSSR count). The fourth-order valence-corrected chi connectivity index (χ4v) is 11.9. The van der Waals surface area contributed by atoms with Crippen LogP contribution in [-0.2, 0) is 37.8 Å². The molecule has 0 bridgehead atoms. The van der Waals surface area contributed by atoms with Crippen molar-refractivity contribution < 1.29 is 29.0 Å². The van der Waals surface area contributed by atoms with Crippen molar-refractivity contribution in [2.24, 2.45) is 5.92 Å². The lowest BCUT2D eigenvalue weighted by molar-refractivity contribution is -0.146. The van der Waals surface area contributed by atoms with Gasteiger partial charge in [-0.15, -0.1) is 5.10 Å². The molecule has 4 aromatic rings. The third kappa shape index (κ3) is 6.86. The minimum Gasteiger partial charge on any atom is -0.432 e. The molecule has 15 heteroatoms. The van der Waals surface area contributed by atoms with Gasteiger partial charge in [0.25, 0.3) is 5.91 Å². The van der Waals surface area contributed by atoms with Crippen LogP contribution in [0.1, 0.15) is 41.6 Å². The van der Waals surface area contributed by atoms with Crippen molar-refractivity contribution >= 4 is 43.1 Å². The average molecular weight is 779 g/mol. The number of aliphatic hydroxyl groups is 1. The number of amides is 3. The molecule has 4 aliphatic heterocycles. The molecule has 3 aromatic carbocycles. The van der Waals surface area contributed by atoms with Crippen LogP contribution in [0.15, 0.2) is 79.0 Å². The predicted octanol–water partition coefficient (Wildman–Crippen LogP) is 2.71. The Morgan fingerprint density at radius 2 is 1.59 bits per heavy atom. The number of benzene rings is 3. The van der Waals surface area contributed by atoms with Gasteiger partial charge in [-0.05, 0) is 61.0 Å². The molecular formula is C41H50N8O6Si. The van der Waals surface area contributed by atoms with Gasteiger partial charge in [-0.2, -0.15) is 0 Å². The summed E-state index contributed by atoms with van der Waals surface area (Å²) >= 11 is 0. The summed E-state index contributed by atoms with van der Waals surface area (Å²) in [4.78, 5) is 58.0. The topological polar surface area (TPSA) is 165 Å². The van der Waals surface area contributed by atoms with E-state index in [2.05, 4.69) is 20.9 Å². The number of piperazine rings is 2. The lowest BCUT2D eigenvalue weighted by atomic mass is 9.82. The largest absolute Gasteiger partial charge is 0.432 e. The minimum absolute atomic E-state index is 0.0194. The first kappa shape index (κ1) is 38.1. The lowest BCUT2D eigenvalue weighted by Gasteiger charge is -2.33. The van der Waals surface area contributed by atoms with Gasteiger partial charge in [0.1, 0.15) is 0 Å². The van der Waals surface area contributed by atoms with Gasteiger partial charge in [0.15, 0.2) is 13.9 Å². The van der Waals surface area contributed by atoms with Gasteiger partial charge in [-0.3, -0.25) is 19.1 Å². The maximum absolute atomic E-state index is 15.2. The van der Waals surface area contributed by atoms with Crippen LogP contribution in [0.5, 0.6) is 0 Å². The smallest absolute Gasteiger partial charge is 0.264 e. The molecule has 4 N–H and O–H groups in total. The Kier molecular flexibility index (Phi) is 10.4. The first-order valence-electron chi connectivity index (χ1n) is 19.5. The summed E-state index contributed by atoms with van der Waals surface area (Å²) in [7, 11) is -2.96. The van der Waals surface area contributed by atoms with E-state index in [-0.39, 0.29) is 48.9 Å². The van der Waals surface area contributed by atoms with E-state index >= 15 is 4.79 Å². The van der Waals surface area contributed by atoms with Gasteiger partial charge >= 0.3 is 0 Å². The van der Waals surface area contributed by atoms with E-state index in [0.29, 0.717) is 61.8 Å². The number of aryl methyl sites for hydroxylation is 1. The van der Waals surface area contributed by atoms with E-state index in [4.69, 9.17) is 4.74 Å². The number of anilines is 3. The van der Waals surface area contributed by atoms with Crippen LogP contribution in [-0.4, -0.2) is 103 Å². The van der Waals surface area contributed by atoms with Crippen molar-refractivity contribution in [3.8, 4) is 0 Å². The Hall–Kier alpha value is -4.77. The Morgan fingerprint density at radius 1 is 0.929 bits per heavy atom. The van der Waals surface area contributed by atoms with E-state index in [1.54, 1.807) is 19.4 Å². The molecule has 0 saturated carbocycles. The number of fused-ring (bicyclic) bond motifs is 2. The SMILES string of the molecule is C[C@H]1[C@H]([Si](C)(C)O)[C@@H](CCn2cc(C(CO)c3ccccc3)nn2)O[C@]12C(=O)N(Cc1ccc(N3CCNCC3=O)cc1)c1ccc(N3CCNCC3=O)cc12. The summed E-state index contributed by atoms with van der Waals surface area (Å²) in [5.74, 6) is -0.937. The van der Waals surface area contributed by atoms with Gasteiger partial charge in [0.2, 0.25) is 11.8 Å². The predicted molar refractivity (Wildman–Crippen MR) is 214 cm³/mol. The van der Waals surface area contributed by atoms with Crippen molar-refractivity contribution in [1.29, 1.82) is 0 Å². The van der Waals surface area contributed by atoms with Crippen LogP contribution in [0.4, 0.5) is 17.1 Å². The zero-order valence-corrected chi connectivity index (χ0v) is 33.1. The molecule has 1 unspecified atom stereocenters. The zero-order chi connectivity index (χ0) is 39.2. The number of carbonyl (C=O) groups is 3. The number of nitrogens with one attached hydrogen (secondary N) is 2. The number of aliphatic hydroxyl groups excluding tert-OH is 1. The van der Waals surface area contributed by atoms with E-state index < -0.39 is 25.9 Å². The van der Waals surface area contributed by atoms with Crippen molar-refractivity contribution in [1.82, 2.24) is 25.6 Å². The highest BCUT2D eigenvalue weighted by molar-refractivity contribution is 6.71. The molecule has 294 valence electrons. The lowest BCUT2D eigenvalue weighted by Crippen LogP contribution is -2.48. The summed E-state index contributed by atoms with van der Waals surface area (Å²) in [6.07, 6.45) is 1.83. The molecule has 4 aliphatic rings. The summed E-state index contributed by atoms with van der Waals surface area (Å²) in [6.45, 7) is 9.43. The third-order valence-corrected chi connectivity index (χ3v) is 14.5. The molecule has 3 saturated heterocycles. The molecule has 3 fully saturated rings. The summed E-state index contributed by atoms with van der Waals surface area (Å²) in [5, 5.41) is 25.3. The zero-order valence-electron chi connectivity index (χ0n) is 32.1. The van der Waals surface area contributed by atoms with Crippen LogP contribution in [0.3, 0.4) is 0 Å². The fourth-order valence-electron chi connectivity index (χ4n) is 9.28. The number of rotatable bonds is 11. The molecule has 1 aromatic heterocycles. The Bertz CT molecular complexity index is 2090. The summed E-state index contributed by atoms with van der Waals surface area (Å²) < 4.78 is 8.87. The van der Waals surface area contributed by atoms with Gasteiger partial charge in [0, 0.05) is 67.3 Å². The van der Waals surface area contributed by atoms with Crippen LogP contribution < -0.4 is 25.3 Å². The van der Waals surface area contributed by atoms with Crippen molar-refractivity contribution in [3.05, 3.63) is 101 Å². The first-order chi connectivity index (χ1) is 27.0. The summed E-state index contributed by atoms with van der Waals surface area (Å²) in [6, 6.07) is 23.2. The second kappa shape index (κ2) is 15.3. The standard InChI is InChI=1S/C41H50N8O6Si/c1-27-39(56(2,3)54)36(15-18-46-25-34(44-45-46)32(26-50)29-7-5-4-6-8-29)55-41(27)33-21-31(48-20-17-43-23-38(48)52)13-14-35(33)49(40(41)53)24-28-9-11-30(12-10-28)47-19-16-42-22-37(47)51/h4-14,21,25,27,32,36,39,42-43,50,54H,15-20,22-24,26H2,1-3H3/t27-,32?,36+,39-,41+/m0/s1. The van der Waals surface area contributed by atoms with Gasteiger partial charge < -0.3 is 40.0 Å². The van der Waals surface area contributed by atoms with Crippen molar-refractivity contribution in [2.75, 3.05) is 60.6 Å². The third-order valence-electron chi connectivity index (χ3n) is 12.0. The van der Waals surface area contributed by atoms with E-state index in [0.717, 1.165) is 23.4 Å². The average Bonchev–Trinajstić information content (AvgIpc) is 3.85. The van der Waals surface area contributed by atoms with E-state index in [1.807, 2.05) is 99.0 Å². The quantitative estimate of drug-likeness (QED) is 0.167. The number of hydrogen-bond donors (Lipinski definition) is 4. The van der Waals surface area contributed by atoms with Crippen LogP contribution in [0, 0.1) is 5.92 Å². The normalized spacial score (nSPS) is 24.7. The van der Waals surface area contributed by atoms with Gasteiger partial charge in [-0.25, -0.2) is 0 Å². The molecule has 5 heterocycles. The Labute approximate surface area is 327 Å². The molecule has 14 nitrogen and oxygen atoms in total. The van der Waals surface area contributed by atoms with E-state index in [9.17, 15) is 19.5 Å². The van der Waals surface area contributed by atoms with Gasteiger partial charge in [0.05, 0.1) is 49.6 Å². The number of aromatic nitrogens is 3. The van der Waals surface area contributed by atoms with Crippen LogP contribution in [0.2, 0.25) is 18.6 Å². The molecule has 56 heavy (non-hydrogen) atoms. The minimum atomic E-state index is -2.96. The van der Waals surface area contributed by atoms with Crippen LogP contribution >= 0.6 is 0 Å². The maximum Gasteiger partial charge on any atom is 0.264 e. The van der Waals surface area contributed by atoms with Crippen molar-refractivity contribution in [2.45, 2.75) is 62.7 Å². The second-order valence-electron chi connectivity index (χ2n) is 15.9. The molecule has 3 amide bonds. The Morgan fingerprint density at radius 3 is 2.23 bits per heavy atom. The molecule has 1 spiro atoms. The number of ether oxygens (including phenoxy) is 1. The molecule has 0 aliphatic carbocycles. The maximum atomic E-state index is 15.2.